The van der Waals surface area contributed by atoms with Crippen LogP contribution in [-0.4, -0.2) is 57.5 Å². The van der Waals surface area contributed by atoms with Crippen molar-refractivity contribution in [2.75, 3.05) is 37.1 Å². The fourth-order valence-corrected chi connectivity index (χ4v) is 5.32. The maximum absolute atomic E-state index is 13.0. The highest BCUT2D eigenvalue weighted by Gasteiger charge is 2.34. The number of benzene rings is 2. The maximum Gasteiger partial charge on any atom is 0.261 e. The van der Waals surface area contributed by atoms with Crippen molar-refractivity contribution in [2.24, 2.45) is 0 Å². The minimum atomic E-state index is -3.12. The summed E-state index contributed by atoms with van der Waals surface area (Å²) in [6.07, 6.45) is 0.448. The molecule has 3 rings (SSSR count). The largest absolute Gasteiger partial charge is 0.484 e. The Morgan fingerprint density at radius 3 is 2.43 bits per heavy atom. The van der Waals surface area contributed by atoms with E-state index in [0.29, 0.717) is 23.7 Å². The van der Waals surface area contributed by atoms with Crippen LogP contribution in [0.4, 0.5) is 5.69 Å². The zero-order valence-corrected chi connectivity index (χ0v) is 19.0. The first-order chi connectivity index (χ1) is 14.1. The summed E-state index contributed by atoms with van der Waals surface area (Å²) in [6, 6.07) is 12.8. The number of hydrogen-bond donors (Lipinski definition) is 0. The van der Waals surface area contributed by atoms with E-state index in [-0.39, 0.29) is 30.1 Å². The minimum absolute atomic E-state index is 0.00538. The van der Waals surface area contributed by atoms with E-state index in [1.807, 2.05) is 50.2 Å². The van der Waals surface area contributed by atoms with Crippen molar-refractivity contribution in [1.82, 2.24) is 4.90 Å². The standard InChI is InChI=1S/C22H27ClN2O4S/c1-16-12-20(8-9-21(16)23)29-14-22(26)25(19-10-11-30(27,28)15-19)13-17-4-6-18(7-5-17)24(2)3/h4-9,12,19H,10-11,13-15H2,1-3H3/t19-/m1/s1. The maximum atomic E-state index is 13.0. The topological polar surface area (TPSA) is 66.9 Å². The lowest BCUT2D eigenvalue weighted by Gasteiger charge is -2.28. The summed E-state index contributed by atoms with van der Waals surface area (Å²) in [7, 11) is 0.807. The van der Waals surface area contributed by atoms with E-state index < -0.39 is 9.84 Å². The van der Waals surface area contributed by atoms with E-state index in [4.69, 9.17) is 16.3 Å². The Balaban J connectivity index is 1.74. The van der Waals surface area contributed by atoms with Crippen LogP contribution in [0.15, 0.2) is 42.5 Å². The number of carbonyl (C=O) groups excluding carboxylic acids is 1. The van der Waals surface area contributed by atoms with Crippen LogP contribution in [0, 0.1) is 6.92 Å². The molecule has 1 aliphatic rings. The quantitative estimate of drug-likeness (QED) is 0.647. The average Bonchev–Trinajstić information content (AvgIpc) is 3.06. The second-order valence-electron chi connectivity index (χ2n) is 7.84. The van der Waals surface area contributed by atoms with Crippen molar-refractivity contribution in [3.8, 4) is 5.75 Å². The SMILES string of the molecule is Cc1cc(OCC(=O)N(Cc2ccc(N(C)C)cc2)[C@@H]2CCS(=O)(=O)C2)ccc1Cl. The number of rotatable bonds is 7. The Labute approximate surface area is 183 Å². The molecule has 0 spiro atoms. The zero-order chi connectivity index (χ0) is 21.9. The van der Waals surface area contributed by atoms with Gasteiger partial charge in [-0.3, -0.25) is 4.79 Å². The smallest absolute Gasteiger partial charge is 0.261 e. The molecular weight excluding hydrogens is 424 g/mol. The molecule has 8 heteroatoms. The molecule has 0 radical (unpaired) electrons. The van der Waals surface area contributed by atoms with Crippen molar-refractivity contribution in [3.05, 3.63) is 58.6 Å². The van der Waals surface area contributed by atoms with Crippen molar-refractivity contribution in [2.45, 2.75) is 25.9 Å². The van der Waals surface area contributed by atoms with Crippen molar-refractivity contribution in [3.63, 3.8) is 0 Å². The van der Waals surface area contributed by atoms with E-state index in [1.165, 1.54) is 0 Å². The molecule has 1 amide bonds. The van der Waals surface area contributed by atoms with Gasteiger partial charge in [0, 0.05) is 37.4 Å². The molecule has 2 aromatic rings. The Kier molecular flexibility index (Phi) is 6.93. The van der Waals surface area contributed by atoms with Gasteiger partial charge < -0.3 is 14.5 Å². The van der Waals surface area contributed by atoms with E-state index in [0.717, 1.165) is 16.8 Å². The Morgan fingerprint density at radius 1 is 1.17 bits per heavy atom. The van der Waals surface area contributed by atoms with Gasteiger partial charge in [0.2, 0.25) is 0 Å². The van der Waals surface area contributed by atoms with Crippen LogP contribution in [0.2, 0.25) is 5.02 Å². The minimum Gasteiger partial charge on any atom is -0.484 e. The predicted octanol–water partition coefficient (Wildman–Crippen LogP) is 3.31. The number of carbonyl (C=O) groups is 1. The molecule has 1 atom stereocenters. The number of nitrogens with zero attached hydrogens (tertiary/aromatic N) is 2. The predicted molar refractivity (Wildman–Crippen MR) is 120 cm³/mol. The molecule has 0 bridgehead atoms. The van der Waals surface area contributed by atoms with Gasteiger partial charge in [0.1, 0.15) is 5.75 Å². The first kappa shape index (κ1) is 22.4. The monoisotopic (exact) mass is 450 g/mol. The molecule has 1 fully saturated rings. The van der Waals surface area contributed by atoms with E-state index in [2.05, 4.69) is 0 Å². The number of anilines is 1. The highest BCUT2D eigenvalue weighted by molar-refractivity contribution is 7.91. The fraction of sp³-hybridized carbons (Fsp3) is 0.409. The summed E-state index contributed by atoms with van der Waals surface area (Å²) in [4.78, 5) is 16.7. The molecule has 2 aromatic carbocycles. The lowest BCUT2D eigenvalue weighted by molar-refractivity contribution is -0.136. The lowest BCUT2D eigenvalue weighted by Crippen LogP contribution is -2.43. The third kappa shape index (κ3) is 5.67. The van der Waals surface area contributed by atoms with Gasteiger partial charge in [0.15, 0.2) is 16.4 Å². The molecule has 0 N–H and O–H groups in total. The highest BCUT2D eigenvalue weighted by atomic mass is 35.5. The summed E-state index contributed by atoms with van der Waals surface area (Å²) in [5, 5.41) is 0.632. The van der Waals surface area contributed by atoms with E-state index in [1.54, 1.807) is 23.1 Å². The van der Waals surface area contributed by atoms with E-state index >= 15 is 0 Å². The summed E-state index contributed by atoms with van der Waals surface area (Å²) >= 11 is 6.04. The molecule has 0 aromatic heterocycles. The Morgan fingerprint density at radius 2 is 1.87 bits per heavy atom. The molecule has 1 heterocycles. The number of hydrogen-bond acceptors (Lipinski definition) is 5. The van der Waals surface area contributed by atoms with Crippen molar-refractivity contribution >= 4 is 33.0 Å². The summed E-state index contributed by atoms with van der Waals surface area (Å²) in [5.41, 5.74) is 2.86. The third-order valence-electron chi connectivity index (χ3n) is 5.27. The second-order valence-corrected chi connectivity index (χ2v) is 10.5. The second kappa shape index (κ2) is 9.27. The average molecular weight is 451 g/mol. The van der Waals surface area contributed by atoms with E-state index in [9.17, 15) is 13.2 Å². The normalized spacial score (nSPS) is 17.5. The van der Waals surface area contributed by atoms with Gasteiger partial charge in [0.25, 0.3) is 5.91 Å². The molecule has 6 nitrogen and oxygen atoms in total. The number of amides is 1. The van der Waals surface area contributed by atoms with Crippen LogP contribution < -0.4 is 9.64 Å². The van der Waals surface area contributed by atoms with Crippen molar-refractivity contribution in [1.29, 1.82) is 0 Å². The number of sulfone groups is 1. The highest BCUT2D eigenvalue weighted by Crippen LogP contribution is 2.23. The molecule has 0 aliphatic carbocycles. The molecule has 0 saturated carbocycles. The third-order valence-corrected chi connectivity index (χ3v) is 7.44. The molecule has 1 aliphatic heterocycles. The zero-order valence-electron chi connectivity index (χ0n) is 17.5. The molecular formula is C22H27ClN2O4S. The Hall–Kier alpha value is -2.25. The van der Waals surface area contributed by atoms with Crippen LogP contribution >= 0.6 is 11.6 Å². The van der Waals surface area contributed by atoms with Crippen LogP contribution in [0.1, 0.15) is 17.5 Å². The number of aryl methyl sites for hydroxylation is 1. The first-order valence-corrected chi connectivity index (χ1v) is 12.0. The van der Waals surface area contributed by atoms with Crippen LogP contribution in [-0.2, 0) is 21.2 Å². The van der Waals surface area contributed by atoms with Gasteiger partial charge in [-0.15, -0.1) is 0 Å². The van der Waals surface area contributed by atoms with Crippen LogP contribution in [0.25, 0.3) is 0 Å². The van der Waals surface area contributed by atoms with Gasteiger partial charge >= 0.3 is 0 Å². The lowest BCUT2D eigenvalue weighted by atomic mass is 10.1. The summed E-state index contributed by atoms with van der Waals surface area (Å²) in [6.45, 7) is 2.05. The number of halogens is 1. The van der Waals surface area contributed by atoms with Crippen molar-refractivity contribution < 1.29 is 17.9 Å². The van der Waals surface area contributed by atoms with Gasteiger partial charge in [-0.1, -0.05) is 23.7 Å². The van der Waals surface area contributed by atoms with Gasteiger partial charge in [0.05, 0.1) is 11.5 Å². The first-order valence-electron chi connectivity index (χ1n) is 9.80. The van der Waals surface area contributed by atoms with Gasteiger partial charge in [-0.2, -0.15) is 0 Å². The molecule has 1 saturated heterocycles. The number of ether oxygens (including phenoxy) is 1. The summed E-state index contributed by atoms with van der Waals surface area (Å²) in [5.74, 6) is 0.424. The van der Waals surface area contributed by atoms with Crippen LogP contribution in [0.5, 0.6) is 5.75 Å². The molecule has 162 valence electrons. The fourth-order valence-electron chi connectivity index (χ4n) is 3.47. The van der Waals surface area contributed by atoms with Crippen LogP contribution in [0.3, 0.4) is 0 Å². The van der Waals surface area contributed by atoms with Gasteiger partial charge in [-0.25, -0.2) is 8.42 Å². The summed E-state index contributed by atoms with van der Waals surface area (Å²) < 4.78 is 29.7. The molecule has 30 heavy (non-hydrogen) atoms. The Bertz CT molecular complexity index is 1010. The molecule has 0 unspecified atom stereocenters. The van der Waals surface area contributed by atoms with Gasteiger partial charge in [-0.05, 0) is 54.8 Å².